The normalized spacial score (nSPS) is 13.1. The number of pyridine rings is 1. The second kappa shape index (κ2) is 7.00. The highest BCUT2D eigenvalue weighted by Gasteiger charge is 2.18. The minimum absolute atomic E-state index is 0.258. The lowest BCUT2D eigenvalue weighted by Crippen LogP contribution is -2.14. The minimum atomic E-state index is -0.258. The summed E-state index contributed by atoms with van der Waals surface area (Å²) in [7, 11) is 1.50. The average Bonchev–Trinajstić information content (AvgIpc) is 3.12. The zero-order valence-electron chi connectivity index (χ0n) is 14.6. The third-order valence-electron chi connectivity index (χ3n) is 4.57. The fourth-order valence-corrected chi connectivity index (χ4v) is 3.27. The van der Waals surface area contributed by atoms with Crippen molar-refractivity contribution in [3.8, 4) is 17.1 Å². The monoisotopic (exact) mass is 348 g/mol. The first-order chi connectivity index (χ1) is 12.8. The summed E-state index contributed by atoms with van der Waals surface area (Å²) in [5.74, 6) is 1.16. The van der Waals surface area contributed by atoms with Gasteiger partial charge in [-0.1, -0.05) is 18.2 Å². The molecule has 0 unspecified atom stereocenters. The lowest BCUT2D eigenvalue weighted by atomic mass is 10.1. The third-order valence-corrected chi connectivity index (χ3v) is 4.57. The number of rotatable bonds is 4. The summed E-state index contributed by atoms with van der Waals surface area (Å²) in [6, 6.07) is 11.1. The summed E-state index contributed by atoms with van der Waals surface area (Å²) in [5, 5.41) is 2.97. The van der Waals surface area contributed by atoms with Crippen LogP contribution in [-0.2, 0) is 13.0 Å². The molecule has 2 aromatic heterocycles. The van der Waals surface area contributed by atoms with Gasteiger partial charge in [-0.05, 0) is 31.0 Å². The number of hydrogen-bond donors (Lipinski definition) is 1. The molecule has 132 valence electrons. The molecule has 0 radical (unpaired) electrons. The Morgan fingerprint density at radius 1 is 1.19 bits per heavy atom. The molecule has 3 heterocycles. The Morgan fingerprint density at radius 3 is 2.92 bits per heavy atom. The molecule has 0 saturated heterocycles. The summed E-state index contributed by atoms with van der Waals surface area (Å²) < 4.78 is 7.40. The van der Waals surface area contributed by atoms with Crippen molar-refractivity contribution in [2.24, 2.45) is 0 Å². The molecule has 26 heavy (non-hydrogen) atoms. The van der Waals surface area contributed by atoms with Crippen molar-refractivity contribution in [3.63, 3.8) is 0 Å². The first-order valence-electron chi connectivity index (χ1n) is 8.72. The molecule has 1 N–H and O–H groups in total. The molecule has 6 heteroatoms. The number of amides is 1. The van der Waals surface area contributed by atoms with Crippen LogP contribution in [0.25, 0.3) is 11.3 Å². The maximum atomic E-state index is 12.7. The summed E-state index contributed by atoms with van der Waals surface area (Å²) >= 11 is 0. The van der Waals surface area contributed by atoms with E-state index in [2.05, 4.69) is 21.1 Å². The Morgan fingerprint density at radius 2 is 2.08 bits per heavy atom. The number of ether oxygens (including phenoxy) is 1. The Hall–Kier alpha value is -3.15. The van der Waals surface area contributed by atoms with Crippen LogP contribution in [0.3, 0.4) is 0 Å². The van der Waals surface area contributed by atoms with Gasteiger partial charge in [0.25, 0.3) is 5.91 Å². The average molecular weight is 348 g/mol. The number of methoxy groups -OCH3 is 1. The number of hydrogen-bond acceptors (Lipinski definition) is 4. The zero-order valence-corrected chi connectivity index (χ0v) is 14.6. The van der Waals surface area contributed by atoms with E-state index in [9.17, 15) is 4.79 Å². The second-order valence-electron chi connectivity index (χ2n) is 6.25. The standard InChI is InChI=1S/C20H20N4O2/c1-26-20-15(8-6-11-21-20)19(25)23-16-9-3-2-7-14(16)17-13-24-12-5-4-10-18(24)22-17/h2-3,6-9,11,13H,4-5,10,12H2,1H3,(H,23,25). The van der Waals surface area contributed by atoms with E-state index in [0.29, 0.717) is 11.4 Å². The van der Waals surface area contributed by atoms with Gasteiger partial charge >= 0.3 is 0 Å². The predicted molar refractivity (Wildman–Crippen MR) is 99.3 cm³/mol. The molecule has 1 aliphatic heterocycles. The molecule has 4 rings (SSSR count). The van der Waals surface area contributed by atoms with Gasteiger partial charge in [-0.2, -0.15) is 0 Å². The number of carbonyl (C=O) groups is 1. The van der Waals surface area contributed by atoms with Gasteiger partial charge in [-0.3, -0.25) is 4.79 Å². The molecule has 1 amide bonds. The first-order valence-corrected chi connectivity index (χ1v) is 8.72. The number of aromatic nitrogens is 3. The predicted octanol–water partition coefficient (Wildman–Crippen LogP) is 3.54. The molecule has 0 spiro atoms. The molecule has 6 nitrogen and oxygen atoms in total. The molecule has 0 aliphatic carbocycles. The maximum absolute atomic E-state index is 12.7. The van der Waals surface area contributed by atoms with E-state index in [0.717, 1.165) is 35.7 Å². The highest BCUT2D eigenvalue weighted by atomic mass is 16.5. The van der Waals surface area contributed by atoms with Crippen LogP contribution in [-0.4, -0.2) is 27.6 Å². The van der Waals surface area contributed by atoms with Crippen molar-refractivity contribution in [2.75, 3.05) is 12.4 Å². The van der Waals surface area contributed by atoms with Crippen LogP contribution in [0.2, 0.25) is 0 Å². The number of nitrogens with zero attached hydrogens (tertiary/aromatic N) is 3. The van der Waals surface area contributed by atoms with Crippen LogP contribution in [0.1, 0.15) is 29.0 Å². The lowest BCUT2D eigenvalue weighted by Gasteiger charge is -2.11. The first kappa shape index (κ1) is 16.3. The van der Waals surface area contributed by atoms with Gasteiger partial charge in [0, 0.05) is 30.9 Å². The van der Waals surface area contributed by atoms with E-state index in [-0.39, 0.29) is 5.91 Å². The molecular weight excluding hydrogens is 328 g/mol. The Bertz CT molecular complexity index is 925. The van der Waals surface area contributed by atoms with E-state index < -0.39 is 0 Å². The van der Waals surface area contributed by atoms with Gasteiger partial charge in [0.1, 0.15) is 11.4 Å². The Labute approximate surface area is 151 Å². The van der Waals surface area contributed by atoms with Crippen molar-refractivity contribution in [2.45, 2.75) is 25.8 Å². The number of para-hydroxylation sites is 1. The molecule has 0 fully saturated rings. The van der Waals surface area contributed by atoms with Crippen molar-refractivity contribution >= 4 is 11.6 Å². The fraction of sp³-hybridized carbons (Fsp3) is 0.250. The summed E-state index contributed by atoms with van der Waals surface area (Å²) in [4.78, 5) is 21.6. The number of nitrogens with one attached hydrogen (secondary N) is 1. The number of carbonyl (C=O) groups excluding carboxylic acids is 1. The van der Waals surface area contributed by atoms with E-state index in [4.69, 9.17) is 9.72 Å². The van der Waals surface area contributed by atoms with Crippen molar-refractivity contribution in [1.29, 1.82) is 0 Å². The smallest absolute Gasteiger partial charge is 0.261 e. The van der Waals surface area contributed by atoms with Gasteiger partial charge in [-0.25, -0.2) is 9.97 Å². The summed E-state index contributed by atoms with van der Waals surface area (Å²) in [6.07, 6.45) is 7.03. The molecule has 0 bridgehead atoms. The van der Waals surface area contributed by atoms with Crippen LogP contribution >= 0.6 is 0 Å². The number of imidazole rings is 1. The van der Waals surface area contributed by atoms with Gasteiger partial charge in [0.2, 0.25) is 5.88 Å². The van der Waals surface area contributed by atoms with E-state index >= 15 is 0 Å². The van der Waals surface area contributed by atoms with Crippen molar-refractivity contribution in [3.05, 3.63) is 60.2 Å². The van der Waals surface area contributed by atoms with Crippen LogP contribution in [0.5, 0.6) is 5.88 Å². The molecule has 1 aromatic carbocycles. The van der Waals surface area contributed by atoms with Crippen LogP contribution in [0.4, 0.5) is 5.69 Å². The summed E-state index contributed by atoms with van der Waals surface area (Å²) in [5.41, 5.74) is 2.91. The van der Waals surface area contributed by atoms with Gasteiger partial charge in [0.05, 0.1) is 18.5 Å². The van der Waals surface area contributed by atoms with Crippen LogP contribution in [0, 0.1) is 0 Å². The van der Waals surface area contributed by atoms with E-state index in [1.807, 2.05) is 24.3 Å². The topological polar surface area (TPSA) is 69.0 Å². The summed E-state index contributed by atoms with van der Waals surface area (Å²) in [6.45, 7) is 1.00. The van der Waals surface area contributed by atoms with Gasteiger partial charge in [-0.15, -0.1) is 0 Å². The highest BCUT2D eigenvalue weighted by molar-refractivity contribution is 6.07. The number of benzene rings is 1. The van der Waals surface area contributed by atoms with Crippen LogP contribution in [0.15, 0.2) is 48.8 Å². The maximum Gasteiger partial charge on any atom is 0.261 e. The molecule has 1 aliphatic rings. The molecular formula is C20H20N4O2. The number of anilines is 1. The van der Waals surface area contributed by atoms with E-state index in [1.165, 1.54) is 20.0 Å². The molecule has 0 saturated carbocycles. The lowest BCUT2D eigenvalue weighted by molar-refractivity contribution is 0.102. The number of fused-ring (bicyclic) bond motifs is 1. The zero-order chi connectivity index (χ0) is 17.9. The molecule has 3 aromatic rings. The Balaban J connectivity index is 1.66. The van der Waals surface area contributed by atoms with Gasteiger partial charge in [0.15, 0.2) is 0 Å². The largest absolute Gasteiger partial charge is 0.480 e. The number of aryl methyl sites for hydroxylation is 2. The third kappa shape index (κ3) is 3.06. The van der Waals surface area contributed by atoms with Crippen LogP contribution < -0.4 is 10.1 Å². The quantitative estimate of drug-likeness (QED) is 0.783. The second-order valence-corrected chi connectivity index (χ2v) is 6.25. The Kier molecular flexibility index (Phi) is 4.39. The minimum Gasteiger partial charge on any atom is -0.480 e. The fourth-order valence-electron chi connectivity index (χ4n) is 3.27. The molecule has 0 atom stereocenters. The highest BCUT2D eigenvalue weighted by Crippen LogP contribution is 2.29. The van der Waals surface area contributed by atoms with Crippen molar-refractivity contribution < 1.29 is 9.53 Å². The van der Waals surface area contributed by atoms with Crippen molar-refractivity contribution in [1.82, 2.24) is 14.5 Å². The van der Waals surface area contributed by atoms with E-state index in [1.54, 1.807) is 18.3 Å². The van der Waals surface area contributed by atoms with Gasteiger partial charge < -0.3 is 14.6 Å². The SMILES string of the molecule is COc1ncccc1C(=O)Nc1ccccc1-c1cn2c(n1)CCCC2.